The molecule has 0 bridgehead atoms. The maximum Gasteiger partial charge on any atom is 0.348 e. The maximum absolute atomic E-state index is 11.7. The van der Waals surface area contributed by atoms with E-state index in [0.29, 0.717) is 0 Å². The standard InChI is InChI=1S/C13H11N3O/c1-8-9-5-6-11-10(4-3-7-14-11)12(9)16(2)13(17)15-8/h3-7H,1-2H3. The van der Waals surface area contributed by atoms with E-state index in [1.807, 2.05) is 31.2 Å². The van der Waals surface area contributed by atoms with Gasteiger partial charge in [0.2, 0.25) is 0 Å². The third kappa shape index (κ3) is 1.34. The molecule has 0 aliphatic rings. The maximum atomic E-state index is 11.7. The fourth-order valence-electron chi connectivity index (χ4n) is 2.16. The van der Waals surface area contributed by atoms with Crippen molar-refractivity contribution in [3.63, 3.8) is 0 Å². The van der Waals surface area contributed by atoms with E-state index in [1.54, 1.807) is 17.8 Å². The topological polar surface area (TPSA) is 47.8 Å². The predicted molar refractivity (Wildman–Crippen MR) is 67.0 cm³/mol. The summed E-state index contributed by atoms with van der Waals surface area (Å²) >= 11 is 0. The molecule has 0 fully saturated rings. The van der Waals surface area contributed by atoms with Crippen molar-refractivity contribution in [2.75, 3.05) is 0 Å². The van der Waals surface area contributed by atoms with E-state index in [9.17, 15) is 4.79 Å². The quantitative estimate of drug-likeness (QED) is 0.548. The van der Waals surface area contributed by atoms with Crippen LogP contribution in [0.15, 0.2) is 35.3 Å². The van der Waals surface area contributed by atoms with Crippen LogP contribution in [0.3, 0.4) is 0 Å². The largest absolute Gasteiger partial charge is 0.348 e. The number of hydrogen-bond acceptors (Lipinski definition) is 3. The van der Waals surface area contributed by atoms with Gasteiger partial charge in [0.1, 0.15) is 0 Å². The molecule has 84 valence electrons. The van der Waals surface area contributed by atoms with Crippen molar-refractivity contribution in [1.82, 2.24) is 14.5 Å². The SMILES string of the molecule is Cc1nc(=O)n(C)c2c1ccc1ncccc12. The van der Waals surface area contributed by atoms with Gasteiger partial charge in [-0.25, -0.2) is 4.79 Å². The van der Waals surface area contributed by atoms with Crippen LogP contribution in [0.4, 0.5) is 0 Å². The molecule has 0 atom stereocenters. The lowest BCUT2D eigenvalue weighted by atomic mass is 10.1. The Hall–Kier alpha value is -2.23. The number of benzene rings is 1. The van der Waals surface area contributed by atoms with Gasteiger partial charge in [-0.05, 0) is 31.2 Å². The van der Waals surface area contributed by atoms with Crippen LogP contribution in [-0.4, -0.2) is 14.5 Å². The second kappa shape index (κ2) is 3.38. The van der Waals surface area contributed by atoms with Crippen LogP contribution in [0.5, 0.6) is 0 Å². The normalized spacial score (nSPS) is 11.2. The molecule has 0 aliphatic carbocycles. The monoisotopic (exact) mass is 225 g/mol. The Morgan fingerprint density at radius 3 is 2.82 bits per heavy atom. The van der Waals surface area contributed by atoms with Crippen LogP contribution in [0.1, 0.15) is 5.69 Å². The third-order valence-corrected chi connectivity index (χ3v) is 3.03. The predicted octanol–water partition coefficient (Wildman–Crippen LogP) is 1.79. The van der Waals surface area contributed by atoms with E-state index in [2.05, 4.69) is 9.97 Å². The Kier molecular flexibility index (Phi) is 1.98. The van der Waals surface area contributed by atoms with Crippen LogP contribution in [0, 0.1) is 6.92 Å². The molecule has 0 N–H and O–H groups in total. The Morgan fingerprint density at radius 1 is 1.18 bits per heavy atom. The summed E-state index contributed by atoms with van der Waals surface area (Å²) in [6.45, 7) is 1.85. The molecule has 3 aromatic rings. The molecular formula is C13H11N3O. The Labute approximate surface area is 97.6 Å². The fraction of sp³-hybridized carbons (Fsp3) is 0.154. The van der Waals surface area contributed by atoms with Crippen molar-refractivity contribution in [2.45, 2.75) is 6.92 Å². The van der Waals surface area contributed by atoms with Crippen LogP contribution in [0.25, 0.3) is 21.8 Å². The lowest BCUT2D eigenvalue weighted by molar-refractivity contribution is 0.845. The summed E-state index contributed by atoms with van der Waals surface area (Å²) in [5.74, 6) is 0. The van der Waals surface area contributed by atoms with Gasteiger partial charge in [-0.15, -0.1) is 0 Å². The number of aromatic nitrogens is 3. The highest BCUT2D eigenvalue weighted by Gasteiger charge is 2.08. The average Bonchev–Trinajstić information content (AvgIpc) is 2.35. The number of rotatable bonds is 0. The molecule has 0 unspecified atom stereocenters. The zero-order valence-electron chi connectivity index (χ0n) is 9.64. The van der Waals surface area contributed by atoms with Gasteiger partial charge < -0.3 is 0 Å². The lowest BCUT2D eigenvalue weighted by Crippen LogP contribution is -2.21. The summed E-state index contributed by atoms with van der Waals surface area (Å²) in [5.41, 5.74) is 2.31. The van der Waals surface area contributed by atoms with E-state index >= 15 is 0 Å². The number of nitrogens with zero attached hydrogens (tertiary/aromatic N) is 3. The fourth-order valence-corrected chi connectivity index (χ4v) is 2.16. The van der Waals surface area contributed by atoms with Crippen molar-refractivity contribution in [3.8, 4) is 0 Å². The number of aryl methyl sites for hydroxylation is 2. The molecule has 0 spiro atoms. The first-order valence-electron chi connectivity index (χ1n) is 5.39. The first kappa shape index (κ1) is 9.96. The summed E-state index contributed by atoms with van der Waals surface area (Å²) in [7, 11) is 1.74. The average molecular weight is 225 g/mol. The molecular weight excluding hydrogens is 214 g/mol. The van der Waals surface area contributed by atoms with Gasteiger partial charge in [0, 0.05) is 24.0 Å². The van der Waals surface area contributed by atoms with Crippen LogP contribution in [-0.2, 0) is 7.05 Å². The minimum atomic E-state index is -0.230. The second-order valence-corrected chi connectivity index (χ2v) is 4.07. The Morgan fingerprint density at radius 2 is 2.00 bits per heavy atom. The summed E-state index contributed by atoms with van der Waals surface area (Å²) in [6, 6.07) is 7.77. The van der Waals surface area contributed by atoms with Gasteiger partial charge >= 0.3 is 5.69 Å². The minimum Gasteiger partial charge on any atom is -0.294 e. The summed E-state index contributed by atoms with van der Waals surface area (Å²) < 4.78 is 1.58. The third-order valence-electron chi connectivity index (χ3n) is 3.03. The lowest BCUT2D eigenvalue weighted by Gasteiger charge is -2.08. The van der Waals surface area contributed by atoms with E-state index < -0.39 is 0 Å². The highest BCUT2D eigenvalue weighted by Crippen LogP contribution is 2.23. The van der Waals surface area contributed by atoms with E-state index in [0.717, 1.165) is 27.5 Å². The zero-order valence-corrected chi connectivity index (χ0v) is 9.64. The molecule has 4 nitrogen and oxygen atoms in total. The van der Waals surface area contributed by atoms with Gasteiger partial charge in [-0.3, -0.25) is 9.55 Å². The van der Waals surface area contributed by atoms with E-state index in [4.69, 9.17) is 0 Å². The zero-order chi connectivity index (χ0) is 12.0. The smallest absolute Gasteiger partial charge is 0.294 e. The van der Waals surface area contributed by atoms with Crippen molar-refractivity contribution < 1.29 is 0 Å². The molecule has 0 saturated heterocycles. The van der Waals surface area contributed by atoms with Crippen LogP contribution >= 0.6 is 0 Å². The molecule has 0 aliphatic heterocycles. The van der Waals surface area contributed by atoms with Crippen molar-refractivity contribution in [2.24, 2.45) is 7.05 Å². The van der Waals surface area contributed by atoms with Crippen molar-refractivity contribution in [3.05, 3.63) is 46.6 Å². The highest BCUT2D eigenvalue weighted by atomic mass is 16.1. The molecule has 4 heteroatoms. The highest BCUT2D eigenvalue weighted by molar-refractivity contribution is 6.04. The number of fused-ring (bicyclic) bond motifs is 3. The molecule has 1 aromatic carbocycles. The number of pyridine rings is 1. The van der Waals surface area contributed by atoms with Crippen LogP contribution < -0.4 is 5.69 Å². The summed E-state index contributed by atoms with van der Waals surface area (Å²) in [6.07, 6.45) is 1.75. The van der Waals surface area contributed by atoms with Crippen LogP contribution in [0.2, 0.25) is 0 Å². The molecule has 0 radical (unpaired) electrons. The Bertz CT molecular complexity index is 790. The minimum absolute atomic E-state index is 0.230. The first-order chi connectivity index (χ1) is 8.18. The number of hydrogen-bond donors (Lipinski definition) is 0. The van der Waals surface area contributed by atoms with Gasteiger partial charge in [0.05, 0.1) is 16.7 Å². The van der Waals surface area contributed by atoms with Gasteiger partial charge in [-0.2, -0.15) is 4.98 Å². The molecule has 0 saturated carbocycles. The Balaban J connectivity index is 2.70. The van der Waals surface area contributed by atoms with E-state index in [1.165, 1.54) is 0 Å². The molecule has 2 aromatic heterocycles. The molecule has 17 heavy (non-hydrogen) atoms. The van der Waals surface area contributed by atoms with Gasteiger partial charge in [0.25, 0.3) is 0 Å². The van der Waals surface area contributed by atoms with Gasteiger partial charge in [-0.1, -0.05) is 0 Å². The second-order valence-electron chi connectivity index (χ2n) is 4.07. The van der Waals surface area contributed by atoms with Crippen molar-refractivity contribution >= 4 is 21.8 Å². The first-order valence-corrected chi connectivity index (χ1v) is 5.39. The molecule has 3 rings (SSSR count). The molecule has 0 amide bonds. The molecule has 2 heterocycles. The summed E-state index contributed by atoms with van der Waals surface area (Å²) in [4.78, 5) is 20.0. The van der Waals surface area contributed by atoms with Crippen molar-refractivity contribution in [1.29, 1.82) is 0 Å². The summed E-state index contributed by atoms with van der Waals surface area (Å²) in [5, 5.41) is 1.97. The van der Waals surface area contributed by atoms with E-state index in [-0.39, 0.29) is 5.69 Å². The van der Waals surface area contributed by atoms with Gasteiger partial charge in [0.15, 0.2) is 0 Å².